The molecule has 2 aromatic carbocycles. The van der Waals surface area contributed by atoms with E-state index in [0.29, 0.717) is 24.2 Å². The second-order valence-electron chi connectivity index (χ2n) is 6.40. The van der Waals surface area contributed by atoms with Gasteiger partial charge in [-0.05, 0) is 43.7 Å². The maximum atomic E-state index is 13.7. The van der Waals surface area contributed by atoms with Gasteiger partial charge in [0, 0.05) is 19.2 Å². The van der Waals surface area contributed by atoms with Gasteiger partial charge in [0.15, 0.2) is 0 Å². The molecular formula is C20H23FN2O2. The number of nitrogens with zero attached hydrogens (tertiary/aromatic N) is 2. The number of para-hydroxylation sites is 2. The number of ether oxygens (including phenoxy) is 1. The Labute approximate surface area is 147 Å². The van der Waals surface area contributed by atoms with Crippen LogP contribution in [-0.2, 0) is 0 Å². The standard InChI is InChI=1S/C20H23FN2O2/c1-4-23-13-16(25-19-8-6-5-7-18(19)23)12-22(3)20(24)15-10-9-14(2)17(21)11-15/h5-11,16H,4,12-13H2,1-3H3/t16-/m1/s1. The summed E-state index contributed by atoms with van der Waals surface area (Å²) in [6.45, 7) is 5.81. The van der Waals surface area contributed by atoms with E-state index < -0.39 is 0 Å². The van der Waals surface area contributed by atoms with Crippen LogP contribution in [0.15, 0.2) is 42.5 Å². The van der Waals surface area contributed by atoms with Crippen molar-refractivity contribution in [1.82, 2.24) is 4.90 Å². The Morgan fingerprint density at radius 1 is 1.32 bits per heavy atom. The number of hydrogen-bond acceptors (Lipinski definition) is 3. The minimum absolute atomic E-state index is 0.126. The van der Waals surface area contributed by atoms with E-state index in [1.165, 1.54) is 6.07 Å². The average molecular weight is 342 g/mol. The van der Waals surface area contributed by atoms with Crippen molar-refractivity contribution in [2.24, 2.45) is 0 Å². The molecule has 25 heavy (non-hydrogen) atoms. The first kappa shape index (κ1) is 17.3. The zero-order chi connectivity index (χ0) is 18.0. The van der Waals surface area contributed by atoms with Gasteiger partial charge in [-0.1, -0.05) is 18.2 Å². The molecule has 0 aliphatic carbocycles. The van der Waals surface area contributed by atoms with E-state index in [1.54, 1.807) is 31.0 Å². The van der Waals surface area contributed by atoms with Crippen molar-refractivity contribution in [3.05, 3.63) is 59.4 Å². The fraction of sp³-hybridized carbons (Fsp3) is 0.350. The van der Waals surface area contributed by atoms with Gasteiger partial charge in [-0.3, -0.25) is 4.79 Å². The van der Waals surface area contributed by atoms with Crippen LogP contribution in [0.5, 0.6) is 5.75 Å². The first-order valence-corrected chi connectivity index (χ1v) is 8.52. The van der Waals surface area contributed by atoms with Crippen LogP contribution in [-0.4, -0.2) is 43.6 Å². The molecule has 3 rings (SSSR count). The number of aryl methyl sites for hydroxylation is 1. The molecule has 0 radical (unpaired) electrons. The molecule has 1 heterocycles. The molecule has 0 bridgehead atoms. The number of rotatable bonds is 4. The molecular weight excluding hydrogens is 319 g/mol. The summed E-state index contributed by atoms with van der Waals surface area (Å²) < 4.78 is 19.8. The van der Waals surface area contributed by atoms with Gasteiger partial charge in [0.2, 0.25) is 0 Å². The predicted octanol–water partition coefficient (Wildman–Crippen LogP) is 3.49. The monoisotopic (exact) mass is 342 g/mol. The number of anilines is 1. The molecule has 0 aromatic heterocycles. The molecule has 0 N–H and O–H groups in total. The van der Waals surface area contributed by atoms with Crippen molar-refractivity contribution in [2.45, 2.75) is 20.0 Å². The third kappa shape index (κ3) is 3.60. The molecule has 0 saturated carbocycles. The highest BCUT2D eigenvalue weighted by Gasteiger charge is 2.27. The Balaban J connectivity index is 1.71. The lowest BCUT2D eigenvalue weighted by Gasteiger charge is -2.37. The molecule has 1 amide bonds. The van der Waals surface area contributed by atoms with E-state index in [2.05, 4.69) is 11.8 Å². The second-order valence-corrected chi connectivity index (χ2v) is 6.40. The summed E-state index contributed by atoms with van der Waals surface area (Å²) in [5.41, 5.74) is 1.97. The van der Waals surface area contributed by atoms with Crippen molar-refractivity contribution in [3.63, 3.8) is 0 Å². The maximum Gasteiger partial charge on any atom is 0.253 e. The largest absolute Gasteiger partial charge is 0.485 e. The van der Waals surface area contributed by atoms with E-state index >= 15 is 0 Å². The topological polar surface area (TPSA) is 32.8 Å². The van der Waals surface area contributed by atoms with E-state index in [-0.39, 0.29) is 17.8 Å². The molecule has 5 heteroatoms. The van der Waals surface area contributed by atoms with Gasteiger partial charge in [-0.15, -0.1) is 0 Å². The lowest BCUT2D eigenvalue weighted by atomic mass is 10.1. The molecule has 4 nitrogen and oxygen atoms in total. The van der Waals surface area contributed by atoms with E-state index in [9.17, 15) is 9.18 Å². The molecule has 1 atom stereocenters. The van der Waals surface area contributed by atoms with Gasteiger partial charge in [0.1, 0.15) is 17.7 Å². The zero-order valence-corrected chi connectivity index (χ0v) is 14.8. The number of halogens is 1. The highest BCUT2D eigenvalue weighted by molar-refractivity contribution is 5.94. The fourth-order valence-corrected chi connectivity index (χ4v) is 3.11. The molecule has 1 aliphatic rings. The lowest BCUT2D eigenvalue weighted by molar-refractivity contribution is 0.0709. The number of fused-ring (bicyclic) bond motifs is 1. The number of benzene rings is 2. The Bertz CT molecular complexity index is 778. The van der Waals surface area contributed by atoms with Crippen LogP contribution in [0.1, 0.15) is 22.8 Å². The first-order chi connectivity index (χ1) is 12.0. The molecule has 0 saturated heterocycles. The van der Waals surface area contributed by atoms with Crippen LogP contribution in [0.2, 0.25) is 0 Å². The van der Waals surface area contributed by atoms with Crippen molar-refractivity contribution in [2.75, 3.05) is 31.6 Å². The fourth-order valence-electron chi connectivity index (χ4n) is 3.11. The molecule has 132 valence electrons. The molecule has 0 unspecified atom stereocenters. The average Bonchev–Trinajstić information content (AvgIpc) is 2.62. The zero-order valence-electron chi connectivity index (χ0n) is 14.8. The third-order valence-corrected chi connectivity index (χ3v) is 4.55. The summed E-state index contributed by atoms with van der Waals surface area (Å²) in [6.07, 6.45) is -0.126. The van der Waals surface area contributed by atoms with Crippen LogP contribution < -0.4 is 9.64 Å². The van der Waals surface area contributed by atoms with Crippen molar-refractivity contribution >= 4 is 11.6 Å². The molecule has 0 spiro atoms. The highest BCUT2D eigenvalue weighted by atomic mass is 19.1. The molecule has 2 aromatic rings. The van der Waals surface area contributed by atoms with E-state index in [1.807, 2.05) is 24.3 Å². The second kappa shape index (κ2) is 7.13. The number of carbonyl (C=O) groups excluding carboxylic acids is 1. The minimum atomic E-state index is -0.362. The minimum Gasteiger partial charge on any atom is -0.485 e. The predicted molar refractivity (Wildman–Crippen MR) is 96.8 cm³/mol. The quantitative estimate of drug-likeness (QED) is 0.853. The summed E-state index contributed by atoms with van der Waals surface area (Å²) in [5, 5.41) is 0. The smallest absolute Gasteiger partial charge is 0.253 e. The third-order valence-electron chi connectivity index (χ3n) is 4.55. The lowest BCUT2D eigenvalue weighted by Crippen LogP contribution is -2.46. The normalized spacial score (nSPS) is 16.2. The van der Waals surface area contributed by atoms with Crippen molar-refractivity contribution in [3.8, 4) is 5.75 Å². The van der Waals surface area contributed by atoms with Crippen molar-refractivity contribution < 1.29 is 13.9 Å². The highest BCUT2D eigenvalue weighted by Crippen LogP contribution is 2.32. The first-order valence-electron chi connectivity index (χ1n) is 8.52. The van der Waals surface area contributed by atoms with Gasteiger partial charge in [0.05, 0.1) is 18.8 Å². The number of hydrogen-bond donors (Lipinski definition) is 0. The molecule has 1 aliphatic heterocycles. The van der Waals surface area contributed by atoms with Crippen LogP contribution in [0, 0.1) is 12.7 Å². The summed E-state index contributed by atoms with van der Waals surface area (Å²) in [6, 6.07) is 12.5. The van der Waals surface area contributed by atoms with Gasteiger partial charge in [0.25, 0.3) is 5.91 Å². The SMILES string of the molecule is CCN1C[C@@H](CN(C)C(=O)c2ccc(C)c(F)c2)Oc2ccccc21. The number of carbonyl (C=O) groups is 1. The Morgan fingerprint density at radius 3 is 2.80 bits per heavy atom. The Morgan fingerprint density at radius 2 is 2.08 bits per heavy atom. The van der Waals surface area contributed by atoms with Crippen LogP contribution in [0.25, 0.3) is 0 Å². The van der Waals surface area contributed by atoms with E-state index in [4.69, 9.17) is 4.74 Å². The summed E-state index contributed by atoms with van der Waals surface area (Å²) in [5.74, 6) is 0.270. The van der Waals surface area contributed by atoms with Gasteiger partial charge < -0.3 is 14.5 Å². The van der Waals surface area contributed by atoms with E-state index in [0.717, 1.165) is 18.0 Å². The van der Waals surface area contributed by atoms with Gasteiger partial charge in [-0.25, -0.2) is 4.39 Å². The summed E-state index contributed by atoms with van der Waals surface area (Å²) >= 11 is 0. The van der Waals surface area contributed by atoms with Gasteiger partial charge in [-0.2, -0.15) is 0 Å². The van der Waals surface area contributed by atoms with Gasteiger partial charge >= 0.3 is 0 Å². The van der Waals surface area contributed by atoms with Crippen LogP contribution >= 0.6 is 0 Å². The summed E-state index contributed by atoms with van der Waals surface area (Å²) in [4.78, 5) is 16.4. The van der Waals surface area contributed by atoms with Crippen LogP contribution in [0.3, 0.4) is 0 Å². The van der Waals surface area contributed by atoms with Crippen LogP contribution in [0.4, 0.5) is 10.1 Å². The number of amides is 1. The Kier molecular flexibility index (Phi) is 4.93. The number of likely N-dealkylation sites (N-methyl/N-ethyl adjacent to an activating group) is 2. The Hall–Kier alpha value is -2.56. The maximum absolute atomic E-state index is 13.7. The summed E-state index contributed by atoms with van der Waals surface area (Å²) in [7, 11) is 1.72. The van der Waals surface area contributed by atoms with Crippen molar-refractivity contribution in [1.29, 1.82) is 0 Å². The molecule has 0 fully saturated rings.